The Kier molecular flexibility index (Phi) is 7.79. The largest absolute Gasteiger partial charge is 0.370 e. The number of nitrogens with zero attached hydrogens (tertiary/aromatic N) is 2. The standard InChI is InChI=1S/C28H29ClN6O2/c29-23-12-6-5-11-22(23)28(26(30)37,20-8-2-1-3-9-20)35(25(36)14-16-33-27(31)32)17-15-19-18-34-24-13-7-4-10-21(19)24/h1-13,18,34H,14-17H2,(H2,30,37)(H4,31,32,33). The van der Waals surface area contributed by atoms with Crippen LogP contribution in [-0.2, 0) is 21.5 Å². The van der Waals surface area contributed by atoms with Crippen molar-refractivity contribution in [3.05, 3.63) is 107 Å². The van der Waals surface area contributed by atoms with Crippen molar-refractivity contribution < 1.29 is 9.59 Å². The van der Waals surface area contributed by atoms with Gasteiger partial charge in [0.2, 0.25) is 5.91 Å². The highest BCUT2D eigenvalue weighted by Gasteiger charge is 2.49. The summed E-state index contributed by atoms with van der Waals surface area (Å²) in [6, 6.07) is 23.8. The Morgan fingerprint density at radius 2 is 1.59 bits per heavy atom. The molecule has 8 nitrogen and oxygen atoms in total. The van der Waals surface area contributed by atoms with Crippen molar-refractivity contribution in [2.75, 3.05) is 13.1 Å². The van der Waals surface area contributed by atoms with Crippen molar-refractivity contribution in [1.29, 1.82) is 0 Å². The van der Waals surface area contributed by atoms with Gasteiger partial charge in [-0.1, -0.05) is 78.3 Å². The highest BCUT2D eigenvalue weighted by atomic mass is 35.5. The van der Waals surface area contributed by atoms with E-state index in [1.165, 1.54) is 4.90 Å². The Labute approximate surface area is 220 Å². The number of fused-ring (bicyclic) bond motifs is 1. The summed E-state index contributed by atoms with van der Waals surface area (Å²) < 4.78 is 0. The summed E-state index contributed by atoms with van der Waals surface area (Å²) in [6.45, 7) is 0.252. The fourth-order valence-electron chi connectivity index (χ4n) is 4.76. The van der Waals surface area contributed by atoms with Crippen LogP contribution in [0.15, 0.2) is 90.1 Å². The number of hydrogen-bond acceptors (Lipinski definition) is 3. The molecule has 7 N–H and O–H groups in total. The predicted octanol–water partition coefficient (Wildman–Crippen LogP) is 3.29. The molecule has 1 unspecified atom stereocenters. The molecule has 1 heterocycles. The van der Waals surface area contributed by atoms with E-state index in [2.05, 4.69) is 9.98 Å². The molecular weight excluding hydrogens is 488 g/mol. The summed E-state index contributed by atoms with van der Waals surface area (Å²) in [5, 5.41) is 1.36. The van der Waals surface area contributed by atoms with Gasteiger partial charge in [-0.2, -0.15) is 0 Å². The van der Waals surface area contributed by atoms with Crippen molar-refractivity contribution in [2.24, 2.45) is 22.2 Å². The van der Waals surface area contributed by atoms with E-state index in [9.17, 15) is 9.59 Å². The van der Waals surface area contributed by atoms with Gasteiger partial charge < -0.3 is 27.1 Å². The molecule has 2 amide bonds. The van der Waals surface area contributed by atoms with E-state index in [0.29, 0.717) is 22.6 Å². The minimum atomic E-state index is -1.67. The molecule has 1 aromatic heterocycles. The van der Waals surface area contributed by atoms with Gasteiger partial charge in [0.1, 0.15) is 0 Å². The van der Waals surface area contributed by atoms with Crippen LogP contribution >= 0.6 is 11.6 Å². The maximum atomic E-state index is 13.9. The minimum Gasteiger partial charge on any atom is -0.370 e. The fourth-order valence-corrected chi connectivity index (χ4v) is 5.04. The van der Waals surface area contributed by atoms with E-state index in [-0.39, 0.29) is 31.4 Å². The summed E-state index contributed by atoms with van der Waals surface area (Å²) >= 11 is 6.67. The molecule has 9 heteroatoms. The first-order chi connectivity index (χ1) is 17.9. The van der Waals surface area contributed by atoms with Gasteiger partial charge in [0.05, 0.1) is 6.54 Å². The second-order valence-corrected chi connectivity index (χ2v) is 9.04. The number of nitrogens with one attached hydrogen (secondary N) is 1. The summed E-state index contributed by atoms with van der Waals surface area (Å²) in [4.78, 5) is 36.2. The molecule has 4 aromatic rings. The van der Waals surface area contributed by atoms with Crippen LogP contribution in [0.2, 0.25) is 5.02 Å². The SMILES string of the molecule is NC(=O)C(c1ccccc1)(c1ccccc1Cl)N(CCc1c[nH]c2ccccc12)C(=O)CCN=C(N)N. The molecule has 0 aliphatic heterocycles. The van der Waals surface area contributed by atoms with Crippen molar-refractivity contribution >= 4 is 40.3 Å². The first-order valence-electron chi connectivity index (χ1n) is 11.9. The fraction of sp³-hybridized carbons (Fsp3) is 0.179. The quantitative estimate of drug-likeness (QED) is 0.189. The average Bonchev–Trinajstić information content (AvgIpc) is 3.30. The highest BCUT2D eigenvalue weighted by Crippen LogP contribution is 2.40. The van der Waals surface area contributed by atoms with Crippen molar-refractivity contribution in [1.82, 2.24) is 9.88 Å². The van der Waals surface area contributed by atoms with Crippen LogP contribution in [-0.4, -0.2) is 40.7 Å². The Morgan fingerprint density at radius 3 is 2.30 bits per heavy atom. The summed E-state index contributed by atoms with van der Waals surface area (Å²) in [5.74, 6) is -1.18. The molecule has 0 spiro atoms. The lowest BCUT2D eigenvalue weighted by atomic mass is 9.79. The number of rotatable bonds is 10. The lowest BCUT2D eigenvalue weighted by molar-refractivity contribution is -0.144. The van der Waals surface area contributed by atoms with Crippen LogP contribution in [0.3, 0.4) is 0 Å². The number of H-pyrrole nitrogens is 1. The monoisotopic (exact) mass is 516 g/mol. The highest BCUT2D eigenvalue weighted by molar-refractivity contribution is 6.32. The zero-order chi connectivity index (χ0) is 26.4. The molecule has 0 radical (unpaired) electrons. The molecule has 0 aliphatic rings. The van der Waals surface area contributed by atoms with Gasteiger partial charge in [0, 0.05) is 40.7 Å². The third-order valence-corrected chi connectivity index (χ3v) is 6.75. The lowest BCUT2D eigenvalue weighted by Crippen LogP contribution is -2.58. The molecule has 0 bridgehead atoms. The van der Waals surface area contributed by atoms with Crippen LogP contribution in [0, 0.1) is 0 Å². The van der Waals surface area contributed by atoms with E-state index in [4.69, 9.17) is 28.8 Å². The van der Waals surface area contributed by atoms with Gasteiger partial charge in [-0.3, -0.25) is 14.6 Å². The van der Waals surface area contributed by atoms with E-state index < -0.39 is 11.4 Å². The first kappa shape index (κ1) is 25.8. The third-order valence-electron chi connectivity index (χ3n) is 6.42. The topological polar surface area (TPSA) is 144 Å². The van der Waals surface area contributed by atoms with Gasteiger partial charge in [-0.05, 0) is 29.7 Å². The summed E-state index contributed by atoms with van der Waals surface area (Å²) in [6.07, 6.45) is 2.35. The number of benzene rings is 3. The van der Waals surface area contributed by atoms with Gasteiger partial charge in [-0.25, -0.2) is 0 Å². The number of carbonyl (C=O) groups is 2. The Morgan fingerprint density at radius 1 is 0.919 bits per heavy atom. The van der Waals surface area contributed by atoms with Crippen molar-refractivity contribution in [2.45, 2.75) is 18.4 Å². The van der Waals surface area contributed by atoms with Crippen LogP contribution in [0.25, 0.3) is 10.9 Å². The molecule has 3 aromatic carbocycles. The van der Waals surface area contributed by atoms with Crippen LogP contribution in [0.4, 0.5) is 0 Å². The van der Waals surface area contributed by atoms with E-state index in [1.807, 2.05) is 36.5 Å². The predicted molar refractivity (Wildman–Crippen MR) is 147 cm³/mol. The maximum Gasteiger partial charge on any atom is 0.252 e. The van der Waals surface area contributed by atoms with E-state index in [0.717, 1.165) is 16.5 Å². The van der Waals surface area contributed by atoms with Gasteiger partial charge in [0.15, 0.2) is 11.5 Å². The normalized spacial score (nSPS) is 12.6. The molecule has 0 fully saturated rings. The van der Waals surface area contributed by atoms with E-state index in [1.54, 1.807) is 48.5 Å². The molecule has 0 saturated heterocycles. The van der Waals surface area contributed by atoms with E-state index >= 15 is 0 Å². The Bertz CT molecular complexity index is 1430. The zero-order valence-corrected chi connectivity index (χ0v) is 21.0. The van der Waals surface area contributed by atoms with Gasteiger partial charge in [0.25, 0.3) is 5.91 Å². The second-order valence-electron chi connectivity index (χ2n) is 8.63. The number of amides is 2. The number of hydrogen-bond donors (Lipinski definition) is 4. The number of halogens is 1. The number of para-hydroxylation sites is 1. The average molecular weight is 517 g/mol. The molecule has 4 rings (SSSR count). The maximum absolute atomic E-state index is 13.9. The number of aliphatic imine (C=N–C) groups is 1. The number of primary amides is 1. The number of guanidine groups is 1. The Balaban J connectivity index is 1.87. The zero-order valence-electron chi connectivity index (χ0n) is 20.2. The molecule has 1 atom stereocenters. The third kappa shape index (κ3) is 5.15. The minimum absolute atomic E-state index is 0.0297. The van der Waals surface area contributed by atoms with Crippen molar-refractivity contribution in [3.8, 4) is 0 Å². The van der Waals surface area contributed by atoms with Gasteiger partial charge in [-0.15, -0.1) is 0 Å². The number of nitrogens with two attached hydrogens (primary N) is 3. The van der Waals surface area contributed by atoms with Crippen LogP contribution < -0.4 is 17.2 Å². The summed E-state index contributed by atoms with van der Waals surface area (Å²) in [7, 11) is 0. The van der Waals surface area contributed by atoms with Crippen LogP contribution in [0.5, 0.6) is 0 Å². The smallest absolute Gasteiger partial charge is 0.252 e. The summed E-state index contributed by atoms with van der Waals surface area (Å²) in [5.41, 5.74) is 18.4. The second kappa shape index (κ2) is 11.2. The van der Waals surface area contributed by atoms with Crippen LogP contribution in [0.1, 0.15) is 23.1 Å². The Hall–Kier alpha value is -4.30. The lowest BCUT2D eigenvalue weighted by Gasteiger charge is -2.43. The molecule has 0 aliphatic carbocycles. The van der Waals surface area contributed by atoms with Gasteiger partial charge >= 0.3 is 0 Å². The first-order valence-corrected chi connectivity index (χ1v) is 12.2. The number of carbonyl (C=O) groups excluding carboxylic acids is 2. The number of aromatic nitrogens is 1. The molecular formula is C28H29ClN6O2. The molecule has 37 heavy (non-hydrogen) atoms. The molecule has 0 saturated carbocycles. The molecule has 190 valence electrons. The van der Waals surface area contributed by atoms with Crippen molar-refractivity contribution in [3.63, 3.8) is 0 Å². The number of aromatic amines is 1.